The molecule has 0 radical (unpaired) electrons. The number of hydrogen-bond donors (Lipinski definition) is 1. The first kappa shape index (κ1) is 10.5. The van der Waals surface area contributed by atoms with Crippen molar-refractivity contribution in [2.75, 3.05) is 6.26 Å². The summed E-state index contributed by atoms with van der Waals surface area (Å²) in [5.41, 5.74) is -0.570. The molecule has 13 heavy (non-hydrogen) atoms. The van der Waals surface area contributed by atoms with Gasteiger partial charge in [0.15, 0.2) is 0 Å². The van der Waals surface area contributed by atoms with Gasteiger partial charge in [-0.15, -0.1) is 0 Å². The molecule has 1 rings (SSSR count). The Labute approximate surface area is 77.5 Å². The predicted octanol–water partition coefficient (Wildman–Crippen LogP) is -0.370. The van der Waals surface area contributed by atoms with Gasteiger partial charge in [-0.25, -0.2) is 13.1 Å². The van der Waals surface area contributed by atoms with E-state index < -0.39 is 27.6 Å². The molecule has 1 fully saturated rings. The number of carbonyl (C=O) groups excluding carboxylic acids is 1. The Morgan fingerprint density at radius 3 is 2.38 bits per heavy atom. The third-order valence-corrected chi connectivity index (χ3v) is 2.43. The van der Waals surface area contributed by atoms with Crippen LogP contribution in [0.1, 0.15) is 20.3 Å². The quantitative estimate of drug-likeness (QED) is 0.627. The average Bonchev–Trinajstić information content (AvgIpc) is 2.00. The number of hydrogen-bond acceptors (Lipinski definition) is 4. The van der Waals surface area contributed by atoms with Crippen LogP contribution >= 0.6 is 0 Å². The minimum absolute atomic E-state index is 0.374. The van der Waals surface area contributed by atoms with Gasteiger partial charge in [0.2, 0.25) is 10.0 Å². The van der Waals surface area contributed by atoms with E-state index in [1.165, 1.54) is 0 Å². The maximum absolute atomic E-state index is 11.1. The molecule has 0 aromatic heterocycles. The van der Waals surface area contributed by atoms with Crippen LogP contribution in [0.5, 0.6) is 0 Å². The van der Waals surface area contributed by atoms with E-state index in [1.54, 1.807) is 13.8 Å². The molecule has 76 valence electrons. The van der Waals surface area contributed by atoms with E-state index >= 15 is 0 Å². The summed E-state index contributed by atoms with van der Waals surface area (Å²) in [6, 6.07) is -0.731. The second-order valence-corrected chi connectivity index (χ2v) is 5.61. The molecular formula is C7H13NO4S. The van der Waals surface area contributed by atoms with Crippen molar-refractivity contribution in [3.63, 3.8) is 0 Å². The highest BCUT2D eigenvalue weighted by molar-refractivity contribution is 7.88. The van der Waals surface area contributed by atoms with Gasteiger partial charge in [0.25, 0.3) is 0 Å². The number of carbonyl (C=O) groups is 1. The molecule has 0 aromatic carbocycles. The Bertz CT molecular complexity index is 319. The molecule has 0 aliphatic carbocycles. The highest BCUT2D eigenvalue weighted by atomic mass is 32.2. The fourth-order valence-corrected chi connectivity index (χ4v) is 2.00. The standard InChI is InChI=1S/C7H13NO4S/c1-7(2)4-5(6(9)12-7)8-13(3,10)11/h5,8H,4H2,1-3H3. The zero-order chi connectivity index (χ0) is 10.3. The Morgan fingerprint density at radius 2 is 2.08 bits per heavy atom. The summed E-state index contributed by atoms with van der Waals surface area (Å²) in [7, 11) is -3.34. The first-order chi connectivity index (χ1) is 5.70. The summed E-state index contributed by atoms with van der Waals surface area (Å²) >= 11 is 0. The monoisotopic (exact) mass is 207 g/mol. The Balaban J connectivity index is 2.70. The third kappa shape index (κ3) is 2.96. The van der Waals surface area contributed by atoms with Crippen LogP contribution in [0.15, 0.2) is 0 Å². The molecule has 6 heteroatoms. The largest absolute Gasteiger partial charge is 0.458 e. The van der Waals surface area contributed by atoms with E-state index in [0.717, 1.165) is 6.26 Å². The number of esters is 1. The van der Waals surface area contributed by atoms with Gasteiger partial charge in [0.1, 0.15) is 11.6 Å². The van der Waals surface area contributed by atoms with Gasteiger partial charge in [-0.3, -0.25) is 4.79 Å². The molecule has 1 atom stereocenters. The fourth-order valence-electron chi connectivity index (χ4n) is 1.31. The van der Waals surface area contributed by atoms with Gasteiger partial charge in [0, 0.05) is 6.42 Å². The van der Waals surface area contributed by atoms with Crippen LogP contribution < -0.4 is 4.72 Å². The molecular weight excluding hydrogens is 194 g/mol. The molecule has 0 bridgehead atoms. The Hall–Kier alpha value is -0.620. The maximum Gasteiger partial charge on any atom is 0.324 e. The molecule has 5 nitrogen and oxygen atoms in total. The second kappa shape index (κ2) is 2.95. The lowest BCUT2D eigenvalue weighted by molar-refractivity contribution is -0.146. The Kier molecular flexibility index (Phi) is 2.38. The fraction of sp³-hybridized carbons (Fsp3) is 0.857. The molecule has 1 N–H and O–H groups in total. The minimum atomic E-state index is -3.34. The molecule has 1 aliphatic heterocycles. The van der Waals surface area contributed by atoms with E-state index in [4.69, 9.17) is 4.74 Å². The topological polar surface area (TPSA) is 72.5 Å². The molecule has 0 saturated carbocycles. The van der Waals surface area contributed by atoms with Gasteiger partial charge in [-0.1, -0.05) is 0 Å². The van der Waals surface area contributed by atoms with Gasteiger partial charge >= 0.3 is 5.97 Å². The van der Waals surface area contributed by atoms with Crippen LogP contribution in [-0.4, -0.2) is 32.3 Å². The van der Waals surface area contributed by atoms with Gasteiger partial charge in [-0.05, 0) is 13.8 Å². The zero-order valence-electron chi connectivity index (χ0n) is 7.83. The number of sulfonamides is 1. The molecule has 0 amide bonds. The normalized spacial score (nSPS) is 27.3. The zero-order valence-corrected chi connectivity index (χ0v) is 8.64. The van der Waals surface area contributed by atoms with E-state index in [1.807, 2.05) is 0 Å². The van der Waals surface area contributed by atoms with Gasteiger partial charge < -0.3 is 4.74 Å². The van der Waals surface area contributed by atoms with E-state index in [-0.39, 0.29) is 0 Å². The molecule has 1 saturated heterocycles. The van der Waals surface area contributed by atoms with Crippen LogP contribution in [-0.2, 0) is 19.6 Å². The van der Waals surface area contributed by atoms with Gasteiger partial charge in [0.05, 0.1) is 6.26 Å². The molecule has 0 spiro atoms. The highest BCUT2D eigenvalue weighted by Crippen LogP contribution is 2.25. The molecule has 1 unspecified atom stereocenters. The Morgan fingerprint density at radius 1 is 1.54 bits per heavy atom. The molecule has 1 heterocycles. The van der Waals surface area contributed by atoms with Crippen LogP contribution in [0, 0.1) is 0 Å². The number of nitrogens with one attached hydrogen (secondary N) is 1. The summed E-state index contributed by atoms with van der Waals surface area (Å²) in [5.74, 6) is -0.504. The summed E-state index contributed by atoms with van der Waals surface area (Å²) in [5, 5.41) is 0. The first-order valence-corrected chi connectivity index (χ1v) is 5.79. The maximum atomic E-state index is 11.1. The lowest BCUT2D eigenvalue weighted by Gasteiger charge is -2.14. The van der Waals surface area contributed by atoms with Crippen molar-refractivity contribution >= 4 is 16.0 Å². The van der Waals surface area contributed by atoms with Gasteiger partial charge in [-0.2, -0.15) is 0 Å². The van der Waals surface area contributed by atoms with E-state index in [9.17, 15) is 13.2 Å². The summed E-state index contributed by atoms with van der Waals surface area (Å²) in [6.45, 7) is 3.49. The molecule has 1 aliphatic rings. The van der Waals surface area contributed by atoms with Crippen molar-refractivity contribution in [3.05, 3.63) is 0 Å². The smallest absolute Gasteiger partial charge is 0.324 e. The molecule has 0 aromatic rings. The summed E-state index contributed by atoms with van der Waals surface area (Å²) < 4.78 is 28.8. The predicted molar refractivity (Wildman–Crippen MR) is 46.6 cm³/mol. The van der Waals surface area contributed by atoms with Crippen molar-refractivity contribution in [3.8, 4) is 0 Å². The lowest BCUT2D eigenvalue weighted by atomic mass is 10.0. The average molecular weight is 207 g/mol. The minimum Gasteiger partial charge on any atom is -0.458 e. The lowest BCUT2D eigenvalue weighted by Crippen LogP contribution is -2.37. The summed E-state index contributed by atoms with van der Waals surface area (Å²) in [6.07, 6.45) is 1.39. The van der Waals surface area contributed by atoms with Crippen molar-refractivity contribution < 1.29 is 17.9 Å². The van der Waals surface area contributed by atoms with E-state index in [0.29, 0.717) is 6.42 Å². The van der Waals surface area contributed by atoms with Crippen LogP contribution in [0.4, 0.5) is 0 Å². The first-order valence-electron chi connectivity index (χ1n) is 3.90. The van der Waals surface area contributed by atoms with Crippen LogP contribution in [0.25, 0.3) is 0 Å². The number of ether oxygens (including phenoxy) is 1. The van der Waals surface area contributed by atoms with Crippen molar-refractivity contribution in [2.24, 2.45) is 0 Å². The van der Waals surface area contributed by atoms with Crippen LogP contribution in [0.2, 0.25) is 0 Å². The summed E-state index contributed by atoms with van der Waals surface area (Å²) in [4.78, 5) is 11.1. The SMILES string of the molecule is CC1(C)CC(NS(C)(=O)=O)C(=O)O1. The van der Waals surface area contributed by atoms with Crippen molar-refractivity contribution in [1.82, 2.24) is 4.72 Å². The van der Waals surface area contributed by atoms with Crippen molar-refractivity contribution in [2.45, 2.75) is 31.9 Å². The number of rotatable bonds is 2. The second-order valence-electron chi connectivity index (χ2n) is 3.83. The van der Waals surface area contributed by atoms with Crippen LogP contribution in [0.3, 0.4) is 0 Å². The van der Waals surface area contributed by atoms with E-state index in [2.05, 4.69) is 4.72 Å². The number of cyclic esters (lactones) is 1. The van der Waals surface area contributed by atoms with Crippen molar-refractivity contribution in [1.29, 1.82) is 0 Å². The highest BCUT2D eigenvalue weighted by Gasteiger charge is 2.41. The third-order valence-electron chi connectivity index (χ3n) is 1.71.